The number of hydrogen-bond acceptors (Lipinski definition) is 5. The molecule has 0 heterocycles. The van der Waals surface area contributed by atoms with Gasteiger partial charge in [0.1, 0.15) is 5.73 Å². The molecule has 0 aliphatic rings. The summed E-state index contributed by atoms with van der Waals surface area (Å²) in [4.78, 5) is 21.2. The number of rotatable bonds is 10. The first-order valence-corrected chi connectivity index (χ1v) is 17.6. The van der Waals surface area contributed by atoms with Crippen molar-refractivity contribution in [1.82, 2.24) is 0 Å². The Labute approximate surface area is 168 Å². The van der Waals surface area contributed by atoms with Crippen LogP contribution in [0.25, 0.3) is 0 Å². The van der Waals surface area contributed by atoms with Crippen LogP contribution in [-0.4, -0.2) is 48.7 Å². The number of carbonyl (C=O) groups is 2. The van der Waals surface area contributed by atoms with Gasteiger partial charge in [0.2, 0.25) is 8.32 Å². The molecule has 2 unspecified atom stereocenters. The van der Waals surface area contributed by atoms with Crippen molar-refractivity contribution in [3.05, 3.63) is 24.8 Å². The van der Waals surface area contributed by atoms with Crippen LogP contribution in [0.2, 0.25) is 39.3 Å². The second-order valence-electron chi connectivity index (χ2n) is 8.36. The standard InChI is InChI=1S/C14H32O4Si3.C4H6O2/c1-10-13(15)16-14(11-12(2)3)21(8,9)18-19(4)17-20(5,6)7;1-3(2)4(5)6/h10,12,14,19H,1,11H2,2-9H3;1H2,2H3,(H,5,6). The molecular weight excluding hydrogens is 396 g/mol. The fourth-order valence-corrected chi connectivity index (χ4v) is 12.2. The topological polar surface area (TPSA) is 82.1 Å². The summed E-state index contributed by atoms with van der Waals surface area (Å²) in [5, 5.41) is 7.89. The zero-order valence-electron chi connectivity index (χ0n) is 18.4. The molecule has 6 nitrogen and oxygen atoms in total. The van der Waals surface area contributed by atoms with Gasteiger partial charge >= 0.3 is 11.9 Å². The number of carbonyl (C=O) groups excluding carboxylic acids is 1. The number of hydrogen-bond donors (Lipinski definition) is 1. The van der Waals surface area contributed by atoms with Gasteiger partial charge in [-0.2, -0.15) is 0 Å². The first-order valence-electron chi connectivity index (χ1n) is 9.09. The molecule has 1 N–H and O–H groups in total. The van der Waals surface area contributed by atoms with Crippen LogP contribution in [-0.2, 0) is 22.6 Å². The molecular formula is C18H38O6Si3. The minimum atomic E-state index is -2.17. The lowest BCUT2D eigenvalue weighted by Gasteiger charge is -2.36. The highest BCUT2D eigenvalue weighted by molar-refractivity contribution is 6.81. The predicted molar refractivity (Wildman–Crippen MR) is 118 cm³/mol. The van der Waals surface area contributed by atoms with Crippen LogP contribution in [0, 0.1) is 5.92 Å². The number of carboxylic acid groups (broad SMARTS) is 1. The van der Waals surface area contributed by atoms with Crippen LogP contribution in [0.1, 0.15) is 27.2 Å². The van der Waals surface area contributed by atoms with E-state index in [0.717, 1.165) is 6.42 Å². The third kappa shape index (κ3) is 15.7. The van der Waals surface area contributed by atoms with E-state index in [9.17, 15) is 9.59 Å². The van der Waals surface area contributed by atoms with Crippen LogP contribution < -0.4 is 0 Å². The molecule has 0 aromatic heterocycles. The molecule has 9 heteroatoms. The predicted octanol–water partition coefficient (Wildman–Crippen LogP) is 4.24. The second-order valence-corrected chi connectivity index (χ2v) is 19.5. The smallest absolute Gasteiger partial charge is 0.330 e. The maximum absolute atomic E-state index is 11.6. The summed E-state index contributed by atoms with van der Waals surface area (Å²) in [6.07, 6.45) is 2.03. The van der Waals surface area contributed by atoms with E-state index in [1.165, 1.54) is 13.0 Å². The molecule has 158 valence electrons. The van der Waals surface area contributed by atoms with Gasteiger partial charge in [0, 0.05) is 11.6 Å². The lowest BCUT2D eigenvalue weighted by Crippen LogP contribution is -2.52. The molecule has 27 heavy (non-hydrogen) atoms. The second kappa shape index (κ2) is 12.4. The van der Waals surface area contributed by atoms with E-state index < -0.39 is 31.9 Å². The Morgan fingerprint density at radius 2 is 1.59 bits per heavy atom. The van der Waals surface area contributed by atoms with E-state index in [-0.39, 0.29) is 17.3 Å². The minimum absolute atomic E-state index is 0.164. The van der Waals surface area contributed by atoms with Gasteiger partial charge in [0.15, 0.2) is 8.32 Å². The number of ether oxygens (including phenoxy) is 1. The van der Waals surface area contributed by atoms with Crippen molar-refractivity contribution in [2.75, 3.05) is 0 Å². The number of aliphatic carboxylic acids is 1. The Morgan fingerprint density at radius 3 is 1.89 bits per heavy atom. The van der Waals surface area contributed by atoms with Crippen molar-refractivity contribution < 1.29 is 27.7 Å². The van der Waals surface area contributed by atoms with Gasteiger partial charge in [-0.1, -0.05) is 27.0 Å². The molecule has 0 amide bonds. The fourth-order valence-electron chi connectivity index (χ4n) is 2.12. The molecule has 0 aliphatic carbocycles. The molecule has 2 atom stereocenters. The van der Waals surface area contributed by atoms with E-state index in [2.05, 4.69) is 66.3 Å². The van der Waals surface area contributed by atoms with Gasteiger partial charge < -0.3 is 18.1 Å². The first kappa shape index (κ1) is 28.2. The van der Waals surface area contributed by atoms with Gasteiger partial charge in [-0.15, -0.1) is 0 Å². The van der Waals surface area contributed by atoms with Crippen molar-refractivity contribution in [3.63, 3.8) is 0 Å². The molecule has 0 aromatic rings. The van der Waals surface area contributed by atoms with E-state index in [4.69, 9.17) is 18.1 Å². The van der Waals surface area contributed by atoms with Crippen molar-refractivity contribution in [1.29, 1.82) is 0 Å². The van der Waals surface area contributed by atoms with Crippen LogP contribution >= 0.6 is 0 Å². The Bertz CT molecular complexity index is 500. The summed E-state index contributed by atoms with van der Waals surface area (Å²) in [5.41, 5.74) is 0.0122. The molecule has 0 aromatic carbocycles. The van der Waals surface area contributed by atoms with Crippen LogP contribution in [0.4, 0.5) is 0 Å². The summed E-state index contributed by atoms with van der Waals surface area (Å²) >= 11 is 0. The first-order chi connectivity index (χ1) is 12.0. The largest absolute Gasteiger partial charge is 0.478 e. The zero-order valence-corrected chi connectivity index (χ0v) is 21.6. The van der Waals surface area contributed by atoms with Crippen LogP contribution in [0.3, 0.4) is 0 Å². The third-order valence-electron chi connectivity index (χ3n) is 3.24. The number of carboxylic acids is 1. The van der Waals surface area contributed by atoms with Crippen molar-refractivity contribution in [3.8, 4) is 0 Å². The molecule has 0 spiro atoms. The van der Waals surface area contributed by atoms with E-state index in [1.54, 1.807) is 0 Å². The van der Waals surface area contributed by atoms with Crippen LogP contribution in [0.5, 0.6) is 0 Å². The summed E-state index contributed by atoms with van der Waals surface area (Å²) in [7, 11) is -5.46. The molecule has 0 aliphatic heterocycles. The average molecular weight is 435 g/mol. The molecule has 0 radical (unpaired) electrons. The van der Waals surface area contributed by atoms with Gasteiger partial charge in [-0.25, -0.2) is 9.59 Å². The Morgan fingerprint density at radius 1 is 1.15 bits per heavy atom. The Kier molecular flexibility index (Phi) is 13.0. The molecule has 0 bridgehead atoms. The van der Waals surface area contributed by atoms with Gasteiger partial charge in [0.05, 0.1) is 0 Å². The Hall–Kier alpha value is -1.01. The highest BCUT2D eigenvalue weighted by Crippen LogP contribution is 2.23. The van der Waals surface area contributed by atoms with Crippen molar-refractivity contribution >= 4 is 37.9 Å². The quantitative estimate of drug-likeness (QED) is 0.314. The molecule has 0 saturated heterocycles. The summed E-state index contributed by atoms with van der Waals surface area (Å²) < 4.78 is 18.0. The normalized spacial score (nSPS) is 13.9. The van der Waals surface area contributed by atoms with Crippen LogP contribution in [0.15, 0.2) is 24.8 Å². The average Bonchev–Trinajstić information content (AvgIpc) is 2.43. The fraction of sp³-hybridized carbons (Fsp3) is 0.667. The van der Waals surface area contributed by atoms with E-state index in [0.29, 0.717) is 5.92 Å². The SMILES string of the molecule is C=C(C)C(=O)O.C=CC(=O)OC(CC(C)C)[Si](C)(C)O[SiH](C)O[Si](C)(C)C. The minimum Gasteiger partial charge on any atom is -0.478 e. The molecule has 0 saturated carbocycles. The lowest BCUT2D eigenvalue weighted by atomic mass is 10.1. The zero-order chi connectivity index (χ0) is 22.0. The summed E-state index contributed by atoms with van der Waals surface area (Å²) in [5.74, 6) is -0.863. The summed E-state index contributed by atoms with van der Waals surface area (Å²) in [6.45, 7) is 25.1. The van der Waals surface area contributed by atoms with Gasteiger partial charge in [-0.05, 0) is 58.5 Å². The Balaban J connectivity index is 0. The van der Waals surface area contributed by atoms with Crippen molar-refractivity contribution in [2.24, 2.45) is 5.92 Å². The monoisotopic (exact) mass is 434 g/mol. The van der Waals surface area contributed by atoms with Gasteiger partial charge in [0.25, 0.3) is 9.28 Å². The van der Waals surface area contributed by atoms with E-state index in [1.807, 2.05) is 0 Å². The van der Waals surface area contributed by atoms with Crippen molar-refractivity contribution in [2.45, 2.75) is 72.2 Å². The highest BCUT2D eigenvalue weighted by Gasteiger charge is 2.39. The highest BCUT2D eigenvalue weighted by atomic mass is 28.4. The maximum atomic E-state index is 11.6. The molecule has 0 rings (SSSR count). The lowest BCUT2D eigenvalue weighted by molar-refractivity contribution is -0.140. The maximum Gasteiger partial charge on any atom is 0.330 e. The summed E-state index contributed by atoms with van der Waals surface area (Å²) in [6, 6.07) is 0. The number of esters is 1. The molecule has 0 fully saturated rings. The van der Waals surface area contributed by atoms with E-state index >= 15 is 0 Å². The van der Waals surface area contributed by atoms with Gasteiger partial charge in [-0.3, -0.25) is 0 Å². The third-order valence-corrected chi connectivity index (χ3v) is 13.1.